The van der Waals surface area contributed by atoms with E-state index in [1.54, 1.807) is 0 Å². The first-order chi connectivity index (χ1) is 4.66. The third-order valence-electron chi connectivity index (χ3n) is 1.37. The number of aliphatic hydroxyl groups excluding tert-OH is 2. The minimum absolute atomic E-state index is 0.344. The molecule has 0 radical (unpaired) electrons. The van der Waals surface area contributed by atoms with Gasteiger partial charge in [-0.3, -0.25) is 0 Å². The van der Waals surface area contributed by atoms with Crippen molar-refractivity contribution in [2.75, 3.05) is 5.33 Å². The zero-order valence-corrected chi connectivity index (χ0v) is 6.61. The van der Waals surface area contributed by atoms with Gasteiger partial charge in [0.15, 0.2) is 6.10 Å². The molecule has 0 aromatic rings. The molecule has 0 aromatic carbocycles. The fraction of sp³-hybridized carbons (Fsp3) is 0.800. The molecule has 1 rings (SSSR count). The highest BCUT2D eigenvalue weighted by Crippen LogP contribution is 2.16. The van der Waals surface area contributed by atoms with Gasteiger partial charge in [-0.2, -0.15) is 0 Å². The molecule has 1 fully saturated rings. The smallest absolute Gasteiger partial charge is 0.338 e. The largest absolute Gasteiger partial charge is 0.457 e. The van der Waals surface area contributed by atoms with Crippen LogP contribution < -0.4 is 0 Å². The standard InChI is InChI=1S/C5H7BrO4/c6-1-2-3(7)4(8)5(9)10-2/h2-4,7-8H,1H2/t2-,3?,4?/m1/s1. The van der Waals surface area contributed by atoms with Crippen molar-refractivity contribution in [3.8, 4) is 0 Å². The van der Waals surface area contributed by atoms with Crippen molar-refractivity contribution in [3.05, 3.63) is 0 Å². The van der Waals surface area contributed by atoms with Gasteiger partial charge in [-0.25, -0.2) is 4.79 Å². The predicted molar refractivity (Wildman–Crippen MR) is 35.7 cm³/mol. The zero-order chi connectivity index (χ0) is 7.72. The quantitative estimate of drug-likeness (QED) is 0.432. The van der Waals surface area contributed by atoms with Crippen molar-refractivity contribution >= 4 is 21.9 Å². The lowest BCUT2D eigenvalue weighted by molar-refractivity contribution is -0.146. The molecular weight excluding hydrogens is 204 g/mol. The number of rotatable bonds is 1. The molecule has 1 aliphatic rings. The average Bonchev–Trinajstić information content (AvgIpc) is 2.17. The Hall–Kier alpha value is -0.130. The van der Waals surface area contributed by atoms with Crippen molar-refractivity contribution in [2.24, 2.45) is 0 Å². The second kappa shape index (κ2) is 2.86. The highest BCUT2D eigenvalue weighted by atomic mass is 79.9. The van der Waals surface area contributed by atoms with Gasteiger partial charge in [-0.05, 0) is 0 Å². The zero-order valence-electron chi connectivity index (χ0n) is 5.03. The number of aliphatic hydroxyl groups is 2. The number of carbonyl (C=O) groups is 1. The van der Waals surface area contributed by atoms with Crippen LogP contribution in [0.4, 0.5) is 0 Å². The lowest BCUT2D eigenvalue weighted by atomic mass is 10.2. The van der Waals surface area contributed by atoms with Crippen LogP contribution in [0.25, 0.3) is 0 Å². The molecule has 4 nitrogen and oxygen atoms in total. The summed E-state index contributed by atoms with van der Waals surface area (Å²) in [4.78, 5) is 10.5. The van der Waals surface area contributed by atoms with Gasteiger partial charge in [0.25, 0.3) is 0 Å². The van der Waals surface area contributed by atoms with Crippen molar-refractivity contribution < 1.29 is 19.7 Å². The number of hydrogen-bond acceptors (Lipinski definition) is 4. The van der Waals surface area contributed by atoms with Gasteiger partial charge in [0, 0.05) is 5.33 Å². The van der Waals surface area contributed by atoms with Crippen LogP contribution in [-0.4, -0.2) is 39.8 Å². The topological polar surface area (TPSA) is 66.8 Å². The first-order valence-corrected chi connectivity index (χ1v) is 3.91. The molecule has 2 unspecified atom stereocenters. The summed E-state index contributed by atoms with van der Waals surface area (Å²) in [6.45, 7) is 0. The van der Waals surface area contributed by atoms with Gasteiger partial charge >= 0.3 is 5.97 Å². The van der Waals surface area contributed by atoms with E-state index in [4.69, 9.17) is 10.2 Å². The second-order valence-electron chi connectivity index (χ2n) is 2.07. The molecule has 2 N–H and O–H groups in total. The molecular formula is C5H7BrO4. The molecule has 3 atom stereocenters. The van der Waals surface area contributed by atoms with E-state index in [1.807, 2.05) is 0 Å². The van der Waals surface area contributed by atoms with Gasteiger partial charge < -0.3 is 14.9 Å². The van der Waals surface area contributed by atoms with Crippen LogP contribution >= 0.6 is 15.9 Å². The van der Waals surface area contributed by atoms with E-state index in [-0.39, 0.29) is 0 Å². The Morgan fingerprint density at radius 1 is 1.60 bits per heavy atom. The molecule has 0 bridgehead atoms. The minimum atomic E-state index is -1.37. The van der Waals surface area contributed by atoms with Gasteiger partial charge in [-0.1, -0.05) is 15.9 Å². The highest BCUT2D eigenvalue weighted by Gasteiger charge is 2.41. The van der Waals surface area contributed by atoms with Crippen LogP contribution in [-0.2, 0) is 9.53 Å². The number of cyclic esters (lactones) is 1. The summed E-state index contributed by atoms with van der Waals surface area (Å²) in [6, 6.07) is 0. The summed E-state index contributed by atoms with van der Waals surface area (Å²) < 4.78 is 4.55. The Bertz CT molecular complexity index is 149. The number of carbonyl (C=O) groups excluding carboxylic acids is 1. The number of hydrogen-bond donors (Lipinski definition) is 2. The molecule has 1 aliphatic heterocycles. The van der Waals surface area contributed by atoms with Crippen molar-refractivity contribution in [3.63, 3.8) is 0 Å². The molecule has 58 valence electrons. The normalized spacial score (nSPS) is 39.9. The lowest BCUT2D eigenvalue weighted by Crippen LogP contribution is -2.31. The maximum atomic E-state index is 10.5. The van der Waals surface area contributed by atoms with Crippen LogP contribution in [0.3, 0.4) is 0 Å². The van der Waals surface area contributed by atoms with Crippen molar-refractivity contribution in [1.29, 1.82) is 0 Å². The van der Waals surface area contributed by atoms with E-state index >= 15 is 0 Å². The van der Waals surface area contributed by atoms with E-state index < -0.39 is 24.3 Å². The monoisotopic (exact) mass is 210 g/mol. The molecule has 1 heterocycles. The summed E-state index contributed by atoms with van der Waals surface area (Å²) in [6.07, 6.45) is -3.07. The van der Waals surface area contributed by atoms with E-state index in [1.165, 1.54) is 0 Å². The van der Waals surface area contributed by atoms with Gasteiger partial charge in [0.2, 0.25) is 0 Å². The maximum Gasteiger partial charge on any atom is 0.338 e. The van der Waals surface area contributed by atoms with Gasteiger partial charge in [0.1, 0.15) is 12.2 Å². The van der Waals surface area contributed by atoms with Gasteiger partial charge in [-0.15, -0.1) is 0 Å². The molecule has 0 aromatic heterocycles. The maximum absolute atomic E-state index is 10.5. The van der Waals surface area contributed by atoms with Crippen LogP contribution in [0.15, 0.2) is 0 Å². The fourth-order valence-corrected chi connectivity index (χ4v) is 1.27. The number of alkyl halides is 1. The third kappa shape index (κ3) is 1.16. The first kappa shape index (κ1) is 7.97. The van der Waals surface area contributed by atoms with Crippen LogP contribution in [0.2, 0.25) is 0 Å². The van der Waals surface area contributed by atoms with Crippen LogP contribution in [0, 0.1) is 0 Å². The first-order valence-electron chi connectivity index (χ1n) is 2.79. The molecule has 1 saturated heterocycles. The average molecular weight is 211 g/mol. The Morgan fingerprint density at radius 2 is 2.20 bits per heavy atom. The number of halogens is 1. The summed E-state index contributed by atoms with van der Waals surface area (Å²) >= 11 is 3.02. The summed E-state index contributed by atoms with van der Waals surface area (Å²) in [5.41, 5.74) is 0. The highest BCUT2D eigenvalue weighted by molar-refractivity contribution is 9.09. The summed E-state index contributed by atoms with van der Waals surface area (Å²) in [5, 5.41) is 18.2. The molecule has 0 aliphatic carbocycles. The Balaban J connectivity index is 2.61. The minimum Gasteiger partial charge on any atom is -0.457 e. The van der Waals surface area contributed by atoms with Crippen LogP contribution in [0.1, 0.15) is 0 Å². The lowest BCUT2D eigenvalue weighted by Gasteiger charge is -2.08. The molecule has 0 saturated carbocycles. The number of ether oxygens (including phenoxy) is 1. The Labute approximate surface area is 65.9 Å². The fourth-order valence-electron chi connectivity index (χ4n) is 0.754. The summed E-state index contributed by atoms with van der Waals surface area (Å²) in [5.74, 6) is -0.753. The molecule has 5 heteroatoms. The Morgan fingerprint density at radius 3 is 2.40 bits per heavy atom. The Kier molecular flexibility index (Phi) is 2.28. The van der Waals surface area contributed by atoms with Crippen LogP contribution in [0.5, 0.6) is 0 Å². The molecule has 10 heavy (non-hydrogen) atoms. The second-order valence-corrected chi connectivity index (χ2v) is 2.71. The third-order valence-corrected chi connectivity index (χ3v) is 2.00. The van der Waals surface area contributed by atoms with E-state index in [0.717, 1.165) is 0 Å². The van der Waals surface area contributed by atoms with E-state index in [2.05, 4.69) is 20.7 Å². The molecule has 0 spiro atoms. The van der Waals surface area contributed by atoms with Crippen molar-refractivity contribution in [1.82, 2.24) is 0 Å². The van der Waals surface area contributed by atoms with Crippen molar-refractivity contribution in [2.45, 2.75) is 18.3 Å². The van der Waals surface area contributed by atoms with E-state index in [9.17, 15) is 4.79 Å². The van der Waals surface area contributed by atoms with Gasteiger partial charge in [0.05, 0.1) is 0 Å². The predicted octanol–water partition coefficient (Wildman–Crippen LogP) is -0.972. The number of esters is 1. The SMILES string of the molecule is O=C1O[C@H](CBr)C(O)C1O. The summed E-state index contributed by atoms with van der Waals surface area (Å²) in [7, 11) is 0. The van der Waals surface area contributed by atoms with E-state index in [0.29, 0.717) is 5.33 Å². The molecule has 0 amide bonds.